The number of piperazine rings is 1. The SMILES string of the molecule is CC(C)(C)OC(=O)N1CCN(CCc2csc3nc(-c4ccccc4[N+](=O)[O-])cn23)CC1. The van der Waals surface area contributed by atoms with Crippen LogP contribution in [0, 0.1) is 10.1 Å². The maximum absolute atomic E-state index is 12.2. The molecule has 3 aromatic rings. The van der Waals surface area contributed by atoms with Crippen molar-refractivity contribution in [1.29, 1.82) is 0 Å². The third-order valence-electron chi connectivity index (χ3n) is 5.37. The molecule has 0 N–H and O–H groups in total. The summed E-state index contributed by atoms with van der Waals surface area (Å²) in [6, 6.07) is 6.68. The molecule has 32 heavy (non-hydrogen) atoms. The lowest BCUT2D eigenvalue weighted by atomic mass is 10.1. The predicted molar refractivity (Wildman–Crippen MR) is 123 cm³/mol. The van der Waals surface area contributed by atoms with Gasteiger partial charge in [0.25, 0.3) is 5.69 Å². The van der Waals surface area contributed by atoms with Gasteiger partial charge in [-0.1, -0.05) is 12.1 Å². The van der Waals surface area contributed by atoms with Crippen molar-refractivity contribution in [3.05, 3.63) is 51.7 Å². The Morgan fingerprint density at radius 3 is 2.62 bits per heavy atom. The molecule has 170 valence electrons. The Balaban J connectivity index is 1.38. The third-order valence-corrected chi connectivity index (χ3v) is 6.26. The molecule has 1 fully saturated rings. The number of carbonyl (C=O) groups is 1. The van der Waals surface area contributed by atoms with Crippen LogP contribution in [0.4, 0.5) is 10.5 Å². The second-order valence-electron chi connectivity index (χ2n) is 8.84. The minimum absolute atomic E-state index is 0.0580. The zero-order chi connectivity index (χ0) is 22.9. The van der Waals surface area contributed by atoms with E-state index in [1.807, 2.05) is 31.4 Å². The van der Waals surface area contributed by atoms with Gasteiger partial charge in [-0.2, -0.15) is 0 Å². The fourth-order valence-corrected chi connectivity index (χ4v) is 4.65. The van der Waals surface area contributed by atoms with Crippen LogP contribution in [0.5, 0.6) is 0 Å². The second kappa shape index (κ2) is 8.87. The highest BCUT2D eigenvalue weighted by molar-refractivity contribution is 7.15. The van der Waals surface area contributed by atoms with E-state index in [2.05, 4.69) is 15.3 Å². The number of hydrogen-bond acceptors (Lipinski definition) is 7. The van der Waals surface area contributed by atoms with Crippen molar-refractivity contribution < 1.29 is 14.5 Å². The number of rotatable bonds is 5. The van der Waals surface area contributed by atoms with Gasteiger partial charge in [-0.05, 0) is 26.8 Å². The highest BCUT2D eigenvalue weighted by atomic mass is 32.1. The van der Waals surface area contributed by atoms with E-state index in [1.165, 1.54) is 17.4 Å². The van der Waals surface area contributed by atoms with Crippen LogP contribution in [0.15, 0.2) is 35.8 Å². The van der Waals surface area contributed by atoms with E-state index in [9.17, 15) is 14.9 Å². The van der Waals surface area contributed by atoms with Crippen LogP contribution in [0.2, 0.25) is 0 Å². The molecule has 1 aromatic carbocycles. The summed E-state index contributed by atoms with van der Waals surface area (Å²) in [5.41, 5.74) is 1.83. The van der Waals surface area contributed by atoms with Gasteiger partial charge < -0.3 is 9.64 Å². The average Bonchev–Trinajstić information content (AvgIpc) is 3.32. The molecule has 0 spiro atoms. The van der Waals surface area contributed by atoms with Gasteiger partial charge in [-0.15, -0.1) is 11.3 Å². The Morgan fingerprint density at radius 1 is 1.22 bits per heavy atom. The van der Waals surface area contributed by atoms with Crippen molar-refractivity contribution in [1.82, 2.24) is 19.2 Å². The van der Waals surface area contributed by atoms with Gasteiger partial charge in [0.2, 0.25) is 0 Å². The van der Waals surface area contributed by atoms with Gasteiger partial charge >= 0.3 is 6.09 Å². The number of nitrogens with zero attached hydrogens (tertiary/aromatic N) is 5. The van der Waals surface area contributed by atoms with Crippen LogP contribution in [-0.4, -0.2) is 68.5 Å². The van der Waals surface area contributed by atoms with E-state index >= 15 is 0 Å². The van der Waals surface area contributed by atoms with Crippen molar-refractivity contribution in [2.45, 2.75) is 32.8 Å². The molecule has 0 atom stereocenters. The zero-order valence-electron chi connectivity index (χ0n) is 18.5. The molecular formula is C22H27N5O4S. The lowest BCUT2D eigenvalue weighted by Gasteiger charge is -2.35. The summed E-state index contributed by atoms with van der Waals surface area (Å²) in [4.78, 5) is 32.7. The van der Waals surface area contributed by atoms with Crippen LogP contribution < -0.4 is 0 Å². The topological polar surface area (TPSA) is 93.2 Å². The minimum atomic E-state index is -0.484. The number of carbonyl (C=O) groups excluding carboxylic acids is 1. The molecule has 0 aliphatic carbocycles. The summed E-state index contributed by atoms with van der Waals surface area (Å²) in [7, 11) is 0. The molecule has 1 aliphatic rings. The van der Waals surface area contributed by atoms with Crippen LogP contribution >= 0.6 is 11.3 Å². The van der Waals surface area contributed by atoms with Gasteiger partial charge in [-0.25, -0.2) is 9.78 Å². The average molecular weight is 458 g/mol. The van der Waals surface area contributed by atoms with Crippen LogP contribution in [0.25, 0.3) is 16.2 Å². The summed E-state index contributed by atoms with van der Waals surface area (Å²) in [6.45, 7) is 9.41. The maximum Gasteiger partial charge on any atom is 0.410 e. The maximum atomic E-state index is 12.2. The highest BCUT2D eigenvalue weighted by Gasteiger charge is 2.26. The fourth-order valence-electron chi connectivity index (χ4n) is 3.74. The quantitative estimate of drug-likeness (QED) is 0.424. The number of nitro groups is 1. The molecule has 1 aliphatic heterocycles. The Morgan fingerprint density at radius 2 is 1.94 bits per heavy atom. The van der Waals surface area contributed by atoms with Gasteiger partial charge in [0.05, 0.1) is 16.2 Å². The first kappa shape index (κ1) is 22.2. The Bertz CT molecular complexity index is 1120. The van der Waals surface area contributed by atoms with Gasteiger partial charge in [0.15, 0.2) is 4.96 Å². The Kier molecular flexibility index (Phi) is 6.16. The molecule has 0 saturated carbocycles. The Hall–Kier alpha value is -2.98. The fraction of sp³-hybridized carbons (Fsp3) is 0.455. The number of para-hydroxylation sites is 1. The molecular weight excluding hydrogens is 430 g/mol. The molecule has 2 aromatic heterocycles. The lowest BCUT2D eigenvalue weighted by molar-refractivity contribution is -0.384. The Labute approximate surface area is 190 Å². The smallest absolute Gasteiger partial charge is 0.410 e. The molecule has 0 unspecified atom stereocenters. The molecule has 10 heteroatoms. The normalized spacial score (nSPS) is 15.3. The van der Waals surface area contributed by atoms with E-state index < -0.39 is 5.60 Å². The van der Waals surface area contributed by atoms with E-state index in [0.29, 0.717) is 24.3 Å². The summed E-state index contributed by atoms with van der Waals surface area (Å²) in [5.74, 6) is 0. The van der Waals surface area contributed by atoms with Crippen LogP contribution in [0.1, 0.15) is 26.5 Å². The number of ether oxygens (including phenoxy) is 1. The predicted octanol–water partition coefficient (Wildman–Crippen LogP) is 4.07. The van der Waals surface area contributed by atoms with E-state index in [-0.39, 0.29) is 16.7 Å². The highest BCUT2D eigenvalue weighted by Crippen LogP contribution is 2.30. The van der Waals surface area contributed by atoms with Crippen molar-refractivity contribution in [3.63, 3.8) is 0 Å². The van der Waals surface area contributed by atoms with Crippen molar-refractivity contribution in [2.24, 2.45) is 0 Å². The zero-order valence-corrected chi connectivity index (χ0v) is 19.3. The number of benzene rings is 1. The second-order valence-corrected chi connectivity index (χ2v) is 9.68. The van der Waals surface area contributed by atoms with Gasteiger partial charge in [-0.3, -0.25) is 19.4 Å². The molecule has 3 heterocycles. The first-order valence-corrected chi connectivity index (χ1v) is 11.5. The van der Waals surface area contributed by atoms with Crippen LogP contribution in [0.3, 0.4) is 0 Å². The number of thiazole rings is 1. The summed E-state index contributed by atoms with van der Waals surface area (Å²) < 4.78 is 7.48. The van der Waals surface area contributed by atoms with Gasteiger partial charge in [0.1, 0.15) is 5.60 Å². The molecule has 9 nitrogen and oxygen atoms in total. The van der Waals surface area contributed by atoms with Crippen LogP contribution in [-0.2, 0) is 11.2 Å². The molecule has 4 rings (SSSR count). The largest absolute Gasteiger partial charge is 0.444 e. The number of fused-ring (bicyclic) bond motifs is 1. The molecule has 1 amide bonds. The summed E-state index contributed by atoms with van der Waals surface area (Å²) in [6.07, 6.45) is 2.46. The standard InChI is InChI=1S/C22H27N5O4S/c1-22(2,3)31-21(28)25-12-10-24(11-13-25)9-8-16-15-32-20-23-18(14-26(16)20)17-6-4-5-7-19(17)27(29)30/h4-7,14-15H,8-13H2,1-3H3. The van der Waals surface area contributed by atoms with E-state index in [0.717, 1.165) is 36.7 Å². The number of aromatic nitrogens is 2. The number of imidazole rings is 1. The molecule has 1 saturated heterocycles. The van der Waals surface area contributed by atoms with Crippen molar-refractivity contribution in [3.8, 4) is 11.3 Å². The number of nitro benzene ring substituents is 1. The molecule has 0 radical (unpaired) electrons. The summed E-state index contributed by atoms with van der Waals surface area (Å²) >= 11 is 1.53. The number of hydrogen-bond donors (Lipinski definition) is 0. The third kappa shape index (κ3) is 4.91. The first-order chi connectivity index (χ1) is 15.2. The number of amides is 1. The first-order valence-electron chi connectivity index (χ1n) is 10.6. The van der Waals surface area contributed by atoms with E-state index in [1.54, 1.807) is 23.1 Å². The minimum Gasteiger partial charge on any atom is -0.444 e. The van der Waals surface area contributed by atoms with Crippen molar-refractivity contribution >= 4 is 28.1 Å². The summed E-state index contributed by atoms with van der Waals surface area (Å²) in [5, 5.41) is 13.4. The van der Waals surface area contributed by atoms with E-state index in [4.69, 9.17) is 4.74 Å². The van der Waals surface area contributed by atoms with Gasteiger partial charge in [0, 0.05) is 62.5 Å². The van der Waals surface area contributed by atoms with Crippen molar-refractivity contribution in [2.75, 3.05) is 32.7 Å². The lowest BCUT2D eigenvalue weighted by Crippen LogP contribution is -2.50. The molecule has 0 bridgehead atoms. The monoisotopic (exact) mass is 457 g/mol.